The summed E-state index contributed by atoms with van der Waals surface area (Å²) in [5.74, 6) is 0. The molecule has 0 rings (SSSR count). The lowest BCUT2D eigenvalue weighted by Gasteiger charge is -2.20. The van der Waals surface area contributed by atoms with E-state index in [1.54, 1.807) is 0 Å². The van der Waals surface area contributed by atoms with E-state index in [0.717, 1.165) is 13.0 Å². The molecular formula is C38H78O11. The number of rotatable bonds is 43. The molecule has 0 aromatic heterocycles. The third-order valence-corrected chi connectivity index (χ3v) is 7.70. The van der Waals surface area contributed by atoms with E-state index in [0.29, 0.717) is 106 Å². The summed E-state index contributed by atoms with van der Waals surface area (Å²) in [6.45, 7) is 17.3. The second-order valence-electron chi connectivity index (χ2n) is 12.7. The lowest BCUT2D eigenvalue weighted by Crippen LogP contribution is -2.27. The molecule has 296 valence electrons. The third kappa shape index (κ3) is 41.9. The summed E-state index contributed by atoms with van der Waals surface area (Å²) in [6, 6.07) is 0. The Morgan fingerprint density at radius 3 is 1.06 bits per heavy atom. The number of aliphatic hydroxyl groups excluding tert-OH is 1. The van der Waals surface area contributed by atoms with Gasteiger partial charge in [-0.1, -0.05) is 84.0 Å². The second-order valence-corrected chi connectivity index (χ2v) is 12.7. The maximum atomic E-state index is 8.60. The Balaban J connectivity index is 3.34. The third-order valence-electron chi connectivity index (χ3n) is 7.70. The zero-order chi connectivity index (χ0) is 35.7. The van der Waals surface area contributed by atoms with Crippen molar-refractivity contribution in [2.75, 3.05) is 119 Å². The molecule has 0 spiro atoms. The SMILES string of the molecule is CCCCCCCCCCCCCCCOCC(C)OCC(C)OCC(C)OCCOCCOCCOCCOCCOCCOCCO. The molecule has 0 bridgehead atoms. The van der Waals surface area contributed by atoms with Crippen molar-refractivity contribution >= 4 is 0 Å². The van der Waals surface area contributed by atoms with E-state index < -0.39 is 0 Å². The van der Waals surface area contributed by atoms with Gasteiger partial charge in [-0.25, -0.2) is 0 Å². The van der Waals surface area contributed by atoms with Crippen LogP contribution in [0.1, 0.15) is 111 Å². The number of hydrogen-bond acceptors (Lipinski definition) is 11. The molecule has 0 aliphatic heterocycles. The predicted octanol–water partition coefficient (Wildman–Crippen LogP) is 6.40. The van der Waals surface area contributed by atoms with Crippen molar-refractivity contribution in [1.82, 2.24) is 0 Å². The minimum Gasteiger partial charge on any atom is -0.394 e. The molecule has 0 fully saturated rings. The fraction of sp³-hybridized carbons (Fsp3) is 1.00. The van der Waals surface area contributed by atoms with Crippen molar-refractivity contribution in [3.05, 3.63) is 0 Å². The molecule has 3 unspecified atom stereocenters. The molecule has 0 saturated carbocycles. The first-order valence-electron chi connectivity index (χ1n) is 19.6. The summed E-state index contributed by atoms with van der Waals surface area (Å²) >= 11 is 0. The van der Waals surface area contributed by atoms with E-state index in [9.17, 15) is 0 Å². The van der Waals surface area contributed by atoms with Crippen LogP contribution >= 0.6 is 0 Å². The van der Waals surface area contributed by atoms with Gasteiger partial charge in [0.15, 0.2) is 0 Å². The number of aliphatic hydroxyl groups is 1. The maximum absolute atomic E-state index is 8.60. The number of hydrogen-bond donors (Lipinski definition) is 1. The van der Waals surface area contributed by atoms with Crippen molar-refractivity contribution in [1.29, 1.82) is 0 Å². The summed E-state index contributed by atoms with van der Waals surface area (Å²) in [5, 5.41) is 8.60. The Labute approximate surface area is 300 Å². The van der Waals surface area contributed by atoms with Crippen LogP contribution in [0.15, 0.2) is 0 Å². The fourth-order valence-corrected chi connectivity index (χ4v) is 4.79. The van der Waals surface area contributed by atoms with Crippen LogP contribution in [0.5, 0.6) is 0 Å². The molecule has 1 N–H and O–H groups in total. The van der Waals surface area contributed by atoms with Crippen LogP contribution in [-0.4, -0.2) is 142 Å². The highest BCUT2D eigenvalue weighted by molar-refractivity contribution is 4.56. The van der Waals surface area contributed by atoms with Gasteiger partial charge < -0.3 is 52.5 Å². The Hall–Kier alpha value is -0.440. The van der Waals surface area contributed by atoms with Gasteiger partial charge in [-0.15, -0.1) is 0 Å². The molecular weight excluding hydrogens is 632 g/mol. The molecule has 0 aromatic rings. The minimum absolute atomic E-state index is 0.00602. The highest BCUT2D eigenvalue weighted by atomic mass is 16.6. The maximum Gasteiger partial charge on any atom is 0.0781 e. The minimum atomic E-state index is -0.0194. The molecule has 0 aliphatic carbocycles. The highest BCUT2D eigenvalue weighted by Crippen LogP contribution is 2.12. The van der Waals surface area contributed by atoms with Crippen molar-refractivity contribution in [2.45, 2.75) is 129 Å². The van der Waals surface area contributed by atoms with E-state index in [4.69, 9.17) is 52.5 Å². The predicted molar refractivity (Wildman–Crippen MR) is 195 cm³/mol. The van der Waals surface area contributed by atoms with Crippen LogP contribution in [0.3, 0.4) is 0 Å². The quantitative estimate of drug-likeness (QED) is 0.0710. The average molecular weight is 711 g/mol. The zero-order valence-electron chi connectivity index (χ0n) is 32.2. The van der Waals surface area contributed by atoms with Crippen molar-refractivity contribution in [3.63, 3.8) is 0 Å². The van der Waals surface area contributed by atoms with Gasteiger partial charge in [0.1, 0.15) is 0 Å². The zero-order valence-corrected chi connectivity index (χ0v) is 32.2. The first-order valence-corrected chi connectivity index (χ1v) is 19.6. The summed E-state index contributed by atoms with van der Waals surface area (Å²) < 4.78 is 55.8. The topological polar surface area (TPSA) is 113 Å². The summed E-state index contributed by atoms with van der Waals surface area (Å²) in [6.07, 6.45) is 17.8. The normalized spacial score (nSPS) is 13.7. The van der Waals surface area contributed by atoms with Crippen molar-refractivity contribution < 1.29 is 52.5 Å². The highest BCUT2D eigenvalue weighted by Gasteiger charge is 2.10. The van der Waals surface area contributed by atoms with Gasteiger partial charge in [0.25, 0.3) is 0 Å². The molecule has 0 aromatic carbocycles. The van der Waals surface area contributed by atoms with Crippen molar-refractivity contribution in [2.24, 2.45) is 0 Å². The molecule has 0 amide bonds. The Morgan fingerprint density at radius 1 is 0.327 bits per heavy atom. The number of unbranched alkanes of at least 4 members (excludes halogenated alkanes) is 12. The van der Waals surface area contributed by atoms with Crippen LogP contribution < -0.4 is 0 Å². The monoisotopic (exact) mass is 711 g/mol. The van der Waals surface area contributed by atoms with Crippen molar-refractivity contribution in [3.8, 4) is 0 Å². The van der Waals surface area contributed by atoms with Gasteiger partial charge in [-0.05, 0) is 27.2 Å². The van der Waals surface area contributed by atoms with Gasteiger partial charge in [-0.3, -0.25) is 0 Å². The lowest BCUT2D eigenvalue weighted by atomic mass is 10.0. The molecule has 0 heterocycles. The Kier molecular flexibility index (Phi) is 41.6. The summed E-state index contributed by atoms with van der Waals surface area (Å²) in [5.41, 5.74) is 0. The first-order chi connectivity index (χ1) is 24.1. The summed E-state index contributed by atoms with van der Waals surface area (Å²) in [7, 11) is 0. The molecule has 0 radical (unpaired) electrons. The van der Waals surface area contributed by atoms with E-state index in [2.05, 4.69) is 13.8 Å². The summed E-state index contributed by atoms with van der Waals surface area (Å²) in [4.78, 5) is 0. The second kappa shape index (κ2) is 42.0. The van der Waals surface area contributed by atoms with Crippen LogP contribution in [0.2, 0.25) is 0 Å². The van der Waals surface area contributed by atoms with Crippen LogP contribution in [-0.2, 0) is 47.4 Å². The van der Waals surface area contributed by atoms with E-state index >= 15 is 0 Å². The van der Waals surface area contributed by atoms with Crippen LogP contribution in [0.25, 0.3) is 0 Å². The van der Waals surface area contributed by atoms with E-state index in [1.165, 1.54) is 77.0 Å². The Morgan fingerprint density at radius 2 is 0.653 bits per heavy atom. The fourth-order valence-electron chi connectivity index (χ4n) is 4.79. The van der Waals surface area contributed by atoms with Gasteiger partial charge in [0, 0.05) is 6.61 Å². The molecule has 49 heavy (non-hydrogen) atoms. The standard InChI is InChI=1S/C38H78O11/c1-5-6-7-8-9-10-11-12-13-14-15-16-17-19-46-33-36(2)48-35-38(4)49-34-37(3)47-32-31-45-30-29-44-28-27-43-26-25-42-24-23-41-22-21-40-20-18-39/h36-39H,5-35H2,1-4H3. The average Bonchev–Trinajstić information content (AvgIpc) is 3.10. The van der Waals surface area contributed by atoms with E-state index in [1.807, 2.05) is 13.8 Å². The van der Waals surface area contributed by atoms with Crippen LogP contribution in [0, 0.1) is 0 Å². The molecule has 3 atom stereocenters. The molecule has 11 heteroatoms. The molecule has 0 saturated heterocycles. The number of ether oxygens (including phenoxy) is 10. The largest absolute Gasteiger partial charge is 0.394 e. The van der Waals surface area contributed by atoms with Gasteiger partial charge >= 0.3 is 0 Å². The first kappa shape index (κ1) is 48.6. The van der Waals surface area contributed by atoms with Gasteiger partial charge in [-0.2, -0.15) is 0 Å². The molecule has 11 nitrogen and oxygen atoms in total. The van der Waals surface area contributed by atoms with E-state index in [-0.39, 0.29) is 24.9 Å². The smallest absolute Gasteiger partial charge is 0.0781 e. The Bertz CT molecular complexity index is 602. The molecule has 0 aliphatic rings. The van der Waals surface area contributed by atoms with Crippen LogP contribution in [0.4, 0.5) is 0 Å². The van der Waals surface area contributed by atoms with Gasteiger partial charge in [0.2, 0.25) is 0 Å². The lowest BCUT2D eigenvalue weighted by molar-refractivity contribution is -0.0854. The van der Waals surface area contributed by atoms with Gasteiger partial charge in [0.05, 0.1) is 131 Å².